The lowest BCUT2D eigenvalue weighted by molar-refractivity contribution is 0.107. The Morgan fingerprint density at radius 3 is 2.37 bits per heavy atom. The van der Waals surface area contributed by atoms with Crippen LogP contribution >= 0.6 is 11.8 Å². The van der Waals surface area contributed by atoms with Crippen molar-refractivity contribution >= 4 is 22.6 Å². The van der Waals surface area contributed by atoms with Gasteiger partial charge in [-0.15, -0.1) is 0 Å². The molecular formula is C27H36N2S. The summed E-state index contributed by atoms with van der Waals surface area (Å²) in [6.07, 6.45) is 8.75. The van der Waals surface area contributed by atoms with Gasteiger partial charge in [-0.2, -0.15) is 0 Å². The third kappa shape index (κ3) is 3.28. The smallest absolute Gasteiger partial charge is 0.169 e. The molecule has 1 aromatic carbocycles. The minimum Gasteiger partial charge on any atom is -0.321 e. The molecule has 160 valence electrons. The van der Waals surface area contributed by atoms with E-state index in [4.69, 9.17) is 4.99 Å². The highest BCUT2D eigenvalue weighted by molar-refractivity contribution is 8.15. The third-order valence-corrected chi connectivity index (χ3v) is 8.75. The number of amidine groups is 1. The topological polar surface area (TPSA) is 15.6 Å². The number of benzene rings is 1. The Morgan fingerprint density at radius 1 is 0.933 bits per heavy atom. The summed E-state index contributed by atoms with van der Waals surface area (Å²) in [5.74, 6) is 0. The number of rotatable bonds is 2. The van der Waals surface area contributed by atoms with Gasteiger partial charge in [-0.1, -0.05) is 70.7 Å². The predicted octanol–water partition coefficient (Wildman–Crippen LogP) is 7.59. The van der Waals surface area contributed by atoms with E-state index in [0.29, 0.717) is 10.8 Å². The highest BCUT2D eigenvalue weighted by Crippen LogP contribution is 2.67. The Balaban J connectivity index is 1.69. The molecule has 2 nitrogen and oxygen atoms in total. The number of fused-ring (bicyclic) bond motifs is 1. The number of hydrogen-bond acceptors (Lipinski definition) is 3. The van der Waals surface area contributed by atoms with E-state index < -0.39 is 0 Å². The standard InChI is InChI=1S/C27H36N2S/c1-7-29(20-11-9-8-10-12-20)23-28-21-15-24(2,3)13-19-14-26(6)16-25(4,5)17-27(18-26,30-23)22(19)21/h8-12,14H,7,13,15-18H2,1-6H3. The van der Waals surface area contributed by atoms with Crippen molar-refractivity contribution in [1.82, 2.24) is 0 Å². The van der Waals surface area contributed by atoms with Crippen LogP contribution in [0.15, 0.2) is 58.2 Å². The zero-order chi connectivity index (χ0) is 21.4. The van der Waals surface area contributed by atoms with E-state index in [1.807, 2.05) is 0 Å². The maximum absolute atomic E-state index is 5.39. The first-order valence-electron chi connectivity index (χ1n) is 11.6. The molecule has 0 aromatic heterocycles. The van der Waals surface area contributed by atoms with Crippen LogP contribution in [0, 0.1) is 16.2 Å². The molecule has 0 amide bonds. The number of aliphatic imine (C=N–C) groups is 1. The molecule has 0 radical (unpaired) electrons. The number of allylic oxidation sites excluding steroid dienone is 3. The quantitative estimate of drug-likeness (QED) is 0.490. The van der Waals surface area contributed by atoms with Crippen LogP contribution in [0.4, 0.5) is 5.69 Å². The molecule has 5 rings (SSSR count). The molecular weight excluding hydrogens is 384 g/mol. The van der Waals surface area contributed by atoms with Gasteiger partial charge >= 0.3 is 0 Å². The van der Waals surface area contributed by atoms with Crippen LogP contribution in [0.1, 0.15) is 73.6 Å². The van der Waals surface area contributed by atoms with Gasteiger partial charge in [0.25, 0.3) is 0 Å². The van der Waals surface area contributed by atoms with Gasteiger partial charge < -0.3 is 4.90 Å². The Labute approximate surface area is 186 Å². The van der Waals surface area contributed by atoms with Crippen LogP contribution in [0.3, 0.4) is 0 Å². The maximum atomic E-state index is 5.39. The van der Waals surface area contributed by atoms with Crippen LogP contribution < -0.4 is 4.90 Å². The van der Waals surface area contributed by atoms with Gasteiger partial charge in [-0.05, 0) is 78.6 Å². The number of nitrogens with zero attached hydrogens (tertiary/aromatic N) is 2. The van der Waals surface area contributed by atoms with E-state index in [-0.39, 0.29) is 10.2 Å². The highest BCUT2D eigenvalue weighted by atomic mass is 32.2. The summed E-state index contributed by atoms with van der Waals surface area (Å²) < 4.78 is 0.172. The van der Waals surface area contributed by atoms with Gasteiger partial charge in [0.2, 0.25) is 0 Å². The van der Waals surface area contributed by atoms with Crippen molar-refractivity contribution in [2.75, 3.05) is 11.4 Å². The van der Waals surface area contributed by atoms with Crippen LogP contribution in [-0.4, -0.2) is 16.5 Å². The van der Waals surface area contributed by atoms with Crippen molar-refractivity contribution in [2.24, 2.45) is 21.2 Å². The monoisotopic (exact) mass is 420 g/mol. The van der Waals surface area contributed by atoms with Crippen molar-refractivity contribution < 1.29 is 0 Å². The van der Waals surface area contributed by atoms with Gasteiger partial charge in [0, 0.05) is 17.9 Å². The lowest BCUT2D eigenvalue weighted by atomic mass is 9.52. The molecule has 2 atom stereocenters. The second kappa shape index (κ2) is 6.51. The lowest BCUT2D eigenvalue weighted by Crippen LogP contribution is -2.53. The fraction of sp³-hybridized carbons (Fsp3) is 0.593. The van der Waals surface area contributed by atoms with E-state index in [0.717, 1.165) is 13.0 Å². The fourth-order valence-electron chi connectivity index (χ4n) is 7.16. The van der Waals surface area contributed by atoms with E-state index in [1.54, 1.807) is 11.1 Å². The minimum atomic E-state index is 0.172. The average Bonchev–Trinajstić information content (AvgIpc) is 2.58. The number of thioether (sulfide) groups is 1. The van der Waals surface area contributed by atoms with Gasteiger partial charge in [-0.25, -0.2) is 4.99 Å². The SMILES string of the molecule is CCN(C1=NC2=C3C(=CC4(C)CC(C)(C)CC3(C4)S1)CC(C)(C)C2)c1ccccc1. The highest BCUT2D eigenvalue weighted by Gasteiger charge is 2.58. The van der Waals surface area contributed by atoms with Gasteiger partial charge in [0.05, 0.1) is 4.75 Å². The summed E-state index contributed by atoms with van der Waals surface area (Å²) in [7, 11) is 0. The lowest BCUT2D eigenvalue weighted by Gasteiger charge is -2.59. The normalized spacial score (nSPS) is 33.4. The minimum absolute atomic E-state index is 0.172. The summed E-state index contributed by atoms with van der Waals surface area (Å²) in [6, 6.07) is 10.8. The van der Waals surface area contributed by atoms with E-state index in [2.05, 4.69) is 94.6 Å². The van der Waals surface area contributed by atoms with Crippen molar-refractivity contribution in [3.8, 4) is 0 Å². The number of anilines is 1. The molecule has 1 saturated carbocycles. The second-order valence-corrected chi connectivity index (χ2v) is 13.3. The largest absolute Gasteiger partial charge is 0.321 e. The summed E-state index contributed by atoms with van der Waals surface area (Å²) in [6.45, 7) is 15.5. The first kappa shape index (κ1) is 20.4. The summed E-state index contributed by atoms with van der Waals surface area (Å²) in [5, 5.41) is 1.21. The number of hydrogen-bond donors (Lipinski definition) is 0. The second-order valence-electron chi connectivity index (χ2n) is 11.9. The Kier molecular flexibility index (Phi) is 4.43. The van der Waals surface area contributed by atoms with Gasteiger partial charge in [0.1, 0.15) is 0 Å². The molecule has 2 unspecified atom stereocenters. The summed E-state index contributed by atoms with van der Waals surface area (Å²) >= 11 is 2.08. The molecule has 0 N–H and O–H groups in total. The third-order valence-electron chi connectivity index (χ3n) is 7.37. The molecule has 1 aliphatic heterocycles. The van der Waals surface area contributed by atoms with Crippen LogP contribution in [0.2, 0.25) is 0 Å². The molecule has 30 heavy (non-hydrogen) atoms. The van der Waals surface area contributed by atoms with Gasteiger partial charge in [-0.3, -0.25) is 0 Å². The first-order chi connectivity index (χ1) is 14.0. The van der Waals surface area contributed by atoms with Crippen molar-refractivity contribution in [2.45, 2.75) is 78.4 Å². The first-order valence-corrected chi connectivity index (χ1v) is 12.4. The molecule has 4 aliphatic rings. The number of para-hydroxylation sites is 1. The molecule has 1 spiro atoms. The van der Waals surface area contributed by atoms with Crippen LogP contribution in [0.5, 0.6) is 0 Å². The van der Waals surface area contributed by atoms with Crippen LogP contribution in [0.25, 0.3) is 0 Å². The molecule has 0 saturated heterocycles. The Hall–Kier alpha value is -1.48. The van der Waals surface area contributed by atoms with Crippen molar-refractivity contribution in [3.05, 3.63) is 53.3 Å². The van der Waals surface area contributed by atoms with Crippen molar-refractivity contribution in [3.63, 3.8) is 0 Å². The zero-order valence-electron chi connectivity index (χ0n) is 19.5. The predicted molar refractivity (Wildman–Crippen MR) is 131 cm³/mol. The Bertz CT molecular complexity index is 968. The van der Waals surface area contributed by atoms with E-state index in [9.17, 15) is 0 Å². The summed E-state index contributed by atoms with van der Waals surface area (Å²) in [4.78, 5) is 7.82. The van der Waals surface area contributed by atoms with Gasteiger partial charge in [0.15, 0.2) is 5.17 Å². The average molecular weight is 421 g/mol. The molecule has 1 heterocycles. The fourth-order valence-corrected chi connectivity index (χ4v) is 9.23. The Morgan fingerprint density at radius 2 is 1.67 bits per heavy atom. The molecule has 1 aromatic rings. The molecule has 1 fully saturated rings. The van der Waals surface area contributed by atoms with Crippen LogP contribution in [-0.2, 0) is 0 Å². The molecule has 2 bridgehead atoms. The maximum Gasteiger partial charge on any atom is 0.169 e. The summed E-state index contributed by atoms with van der Waals surface area (Å²) in [5.41, 5.74) is 6.78. The molecule has 3 aliphatic carbocycles. The molecule has 3 heteroatoms. The van der Waals surface area contributed by atoms with Crippen molar-refractivity contribution in [1.29, 1.82) is 0 Å². The van der Waals surface area contributed by atoms with E-state index in [1.165, 1.54) is 42.2 Å². The van der Waals surface area contributed by atoms with E-state index >= 15 is 0 Å². The zero-order valence-corrected chi connectivity index (χ0v) is 20.3.